The second-order valence-electron chi connectivity index (χ2n) is 5.71. The summed E-state index contributed by atoms with van der Waals surface area (Å²) in [6.07, 6.45) is 4.74. The Hall–Kier alpha value is -0.570. The Balaban J connectivity index is 1.83. The number of carbonyl (C=O) groups is 1. The number of carbonyl (C=O) groups excluding carboxylic acids is 1. The largest absolute Gasteiger partial charge is 0.336 e. The lowest BCUT2D eigenvalue weighted by Gasteiger charge is -2.57. The normalized spacial score (nSPS) is 42.7. The summed E-state index contributed by atoms with van der Waals surface area (Å²) in [5, 5.41) is 3.66. The van der Waals surface area contributed by atoms with E-state index in [1.54, 1.807) is 0 Å². The van der Waals surface area contributed by atoms with Crippen LogP contribution in [0.3, 0.4) is 0 Å². The van der Waals surface area contributed by atoms with Crippen LogP contribution in [0.15, 0.2) is 0 Å². The first kappa shape index (κ1) is 9.64. The molecule has 4 fully saturated rings. The minimum absolute atomic E-state index is 0.162. The minimum Gasteiger partial charge on any atom is -0.336 e. The molecule has 0 aromatic carbocycles. The highest BCUT2D eigenvalue weighted by Gasteiger charge is 2.48. The standard InChI is InChI=1S/C12H20N2O/c1-7(2)12(15)14-10-3-8-4-11(14)6-9(5-10)13-8/h7-11,13H,3-6H2,1-2H3. The van der Waals surface area contributed by atoms with Crippen LogP contribution in [-0.4, -0.2) is 35.0 Å². The number of hydrogen-bond donors (Lipinski definition) is 1. The van der Waals surface area contributed by atoms with Gasteiger partial charge in [0, 0.05) is 30.1 Å². The molecule has 0 radical (unpaired) electrons. The summed E-state index contributed by atoms with van der Waals surface area (Å²) in [6.45, 7) is 4.04. The van der Waals surface area contributed by atoms with E-state index in [9.17, 15) is 4.79 Å². The average Bonchev–Trinajstić information content (AvgIpc) is 2.15. The average molecular weight is 208 g/mol. The van der Waals surface area contributed by atoms with Crippen LogP contribution < -0.4 is 5.32 Å². The predicted octanol–water partition coefficient (Wildman–Crippen LogP) is 1.14. The van der Waals surface area contributed by atoms with Gasteiger partial charge in [0.1, 0.15) is 0 Å². The Bertz CT molecular complexity index is 259. The molecule has 0 unspecified atom stereocenters. The summed E-state index contributed by atoms with van der Waals surface area (Å²) in [5.74, 6) is 0.541. The summed E-state index contributed by atoms with van der Waals surface area (Å²) in [6, 6.07) is 2.49. The van der Waals surface area contributed by atoms with Crippen molar-refractivity contribution in [3.63, 3.8) is 0 Å². The third kappa shape index (κ3) is 1.40. The van der Waals surface area contributed by atoms with E-state index in [0.29, 0.717) is 30.1 Å². The first-order valence-corrected chi connectivity index (χ1v) is 6.23. The van der Waals surface area contributed by atoms with Gasteiger partial charge in [-0.2, -0.15) is 0 Å². The first-order chi connectivity index (χ1) is 7.15. The van der Waals surface area contributed by atoms with Crippen LogP contribution in [0.25, 0.3) is 0 Å². The Morgan fingerprint density at radius 3 is 2.00 bits per heavy atom. The lowest BCUT2D eigenvalue weighted by Crippen LogP contribution is -2.69. The van der Waals surface area contributed by atoms with Crippen molar-refractivity contribution in [1.29, 1.82) is 0 Å². The van der Waals surface area contributed by atoms with Gasteiger partial charge in [-0.15, -0.1) is 0 Å². The van der Waals surface area contributed by atoms with Gasteiger partial charge in [-0.25, -0.2) is 0 Å². The van der Waals surface area contributed by atoms with Crippen molar-refractivity contribution < 1.29 is 4.79 Å². The van der Waals surface area contributed by atoms with Crippen LogP contribution in [0.1, 0.15) is 39.5 Å². The van der Waals surface area contributed by atoms with Gasteiger partial charge >= 0.3 is 0 Å². The minimum atomic E-state index is 0.162. The number of rotatable bonds is 1. The molecule has 0 spiro atoms. The molecule has 4 aliphatic rings. The molecular formula is C12H20N2O. The number of nitrogens with zero attached hydrogens (tertiary/aromatic N) is 1. The van der Waals surface area contributed by atoms with Crippen molar-refractivity contribution in [1.82, 2.24) is 10.2 Å². The van der Waals surface area contributed by atoms with E-state index in [1.165, 1.54) is 25.7 Å². The number of amides is 1. The summed E-state index contributed by atoms with van der Waals surface area (Å²) in [4.78, 5) is 14.4. The summed E-state index contributed by atoms with van der Waals surface area (Å²) in [5.41, 5.74) is 0. The van der Waals surface area contributed by atoms with E-state index in [1.807, 2.05) is 13.8 Å². The van der Waals surface area contributed by atoms with Gasteiger partial charge in [0.05, 0.1) is 0 Å². The zero-order valence-corrected chi connectivity index (χ0v) is 9.57. The topological polar surface area (TPSA) is 32.3 Å². The smallest absolute Gasteiger partial charge is 0.225 e. The highest BCUT2D eigenvalue weighted by atomic mass is 16.2. The fourth-order valence-corrected chi connectivity index (χ4v) is 3.71. The second kappa shape index (κ2) is 3.21. The van der Waals surface area contributed by atoms with Crippen LogP contribution in [0.5, 0.6) is 0 Å². The number of piperidine rings is 4. The molecule has 0 saturated carbocycles. The molecule has 4 saturated heterocycles. The fraction of sp³-hybridized carbons (Fsp3) is 0.917. The van der Waals surface area contributed by atoms with E-state index >= 15 is 0 Å². The zero-order valence-electron chi connectivity index (χ0n) is 9.57. The fourth-order valence-electron chi connectivity index (χ4n) is 3.71. The van der Waals surface area contributed by atoms with E-state index < -0.39 is 0 Å². The molecule has 4 aliphatic heterocycles. The summed E-state index contributed by atoms with van der Waals surface area (Å²) >= 11 is 0. The molecule has 1 amide bonds. The predicted molar refractivity (Wildman–Crippen MR) is 58.4 cm³/mol. The molecule has 0 atom stereocenters. The van der Waals surface area contributed by atoms with E-state index in [-0.39, 0.29) is 5.92 Å². The van der Waals surface area contributed by atoms with Crippen molar-refractivity contribution in [2.45, 2.75) is 63.7 Å². The summed E-state index contributed by atoms with van der Waals surface area (Å²) in [7, 11) is 0. The van der Waals surface area contributed by atoms with E-state index in [2.05, 4.69) is 10.2 Å². The Morgan fingerprint density at radius 1 is 1.13 bits per heavy atom. The quantitative estimate of drug-likeness (QED) is 0.701. The lowest BCUT2D eigenvalue weighted by atomic mass is 9.74. The van der Waals surface area contributed by atoms with Crippen LogP contribution in [-0.2, 0) is 4.79 Å². The molecule has 4 rings (SSSR count). The van der Waals surface area contributed by atoms with Gasteiger partial charge in [0.15, 0.2) is 0 Å². The number of hydrogen-bond acceptors (Lipinski definition) is 2. The Morgan fingerprint density at radius 2 is 1.60 bits per heavy atom. The maximum Gasteiger partial charge on any atom is 0.225 e. The highest BCUT2D eigenvalue weighted by Crippen LogP contribution is 2.39. The molecule has 0 aliphatic carbocycles. The van der Waals surface area contributed by atoms with Crippen molar-refractivity contribution in [2.24, 2.45) is 5.92 Å². The Kier molecular flexibility index (Phi) is 2.06. The molecule has 3 nitrogen and oxygen atoms in total. The monoisotopic (exact) mass is 208 g/mol. The molecular weight excluding hydrogens is 188 g/mol. The lowest BCUT2D eigenvalue weighted by molar-refractivity contribution is -0.149. The molecule has 1 N–H and O–H groups in total. The van der Waals surface area contributed by atoms with Crippen molar-refractivity contribution in [3.05, 3.63) is 0 Å². The molecule has 15 heavy (non-hydrogen) atoms. The number of nitrogens with one attached hydrogen (secondary N) is 1. The van der Waals surface area contributed by atoms with Crippen LogP contribution in [0, 0.1) is 5.92 Å². The van der Waals surface area contributed by atoms with Gasteiger partial charge in [-0.1, -0.05) is 13.8 Å². The maximum absolute atomic E-state index is 12.1. The zero-order chi connectivity index (χ0) is 10.6. The van der Waals surface area contributed by atoms with Crippen molar-refractivity contribution >= 4 is 5.91 Å². The second-order valence-corrected chi connectivity index (χ2v) is 5.71. The van der Waals surface area contributed by atoms with Gasteiger partial charge < -0.3 is 10.2 Å². The summed E-state index contributed by atoms with van der Waals surface area (Å²) < 4.78 is 0. The molecule has 84 valence electrons. The highest BCUT2D eigenvalue weighted by molar-refractivity contribution is 5.79. The van der Waals surface area contributed by atoms with Gasteiger partial charge in [0.25, 0.3) is 0 Å². The van der Waals surface area contributed by atoms with Gasteiger partial charge in [-0.05, 0) is 25.7 Å². The maximum atomic E-state index is 12.1. The molecule has 4 heterocycles. The van der Waals surface area contributed by atoms with Gasteiger partial charge in [0.2, 0.25) is 5.91 Å². The third-order valence-electron chi connectivity index (χ3n) is 4.23. The third-order valence-corrected chi connectivity index (χ3v) is 4.23. The van der Waals surface area contributed by atoms with E-state index in [0.717, 1.165) is 0 Å². The van der Waals surface area contributed by atoms with Crippen LogP contribution in [0.2, 0.25) is 0 Å². The first-order valence-electron chi connectivity index (χ1n) is 6.23. The van der Waals surface area contributed by atoms with Gasteiger partial charge in [-0.3, -0.25) is 4.79 Å². The Labute approximate surface area is 91.2 Å². The SMILES string of the molecule is CC(C)C(=O)N1C2CC3CC1CC(C2)N3. The van der Waals surface area contributed by atoms with Crippen LogP contribution >= 0.6 is 0 Å². The van der Waals surface area contributed by atoms with Crippen molar-refractivity contribution in [2.75, 3.05) is 0 Å². The van der Waals surface area contributed by atoms with E-state index in [4.69, 9.17) is 0 Å². The molecule has 0 aromatic heterocycles. The molecule has 4 bridgehead atoms. The van der Waals surface area contributed by atoms with Crippen LogP contribution in [0.4, 0.5) is 0 Å². The molecule has 3 heteroatoms. The van der Waals surface area contributed by atoms with Crippen molar-refractivity contribution in [3.8, 4) is 0 Å². The molecule has 0 aromatic rings.